The molecule has 0 saturated carbocycles. The summed E-state index contributed by atoms with van der Waals surface area (Å²) < 4.78 is 6.58. The van der Waals surface area contributed by atoms with E-state index in [1.807, 2.05) is 23.1 Å². The summed E-state index contributed by atoms with van der Waals surface area (Å²) in [6, 6.07) is 16.4. The van der Waals surface area contributed by atoms with Gasteiger partial charge in [0.25, 0.3) is 0 Å². The van der Waals surface area contributed by atoms with Gasteiger partial charge in [0.2, 0.25) is 5.91 Å². The topological polar surface area (TPSA) is 45.7 Å². The van der Waals surface area contributed by atoms with Crippen molar-refractivity contribution in [2.24, 2.45) is 0 Å². The number of nitrogens with zero attached hydrogens (tertiary/aromatic N) is 3. The molecule has 5 nitrogen and oxygen atoms in total. The van der Waals surface area contributed by atoms with Crippen molar-refractivity contribution in [3.05, 3.63) is 59.7 Å². The minimum Gasteiger partial charge on any atom is -0.379 e. The van der Waals surface area contributed by atoms with Gasteiger partial charge in [-0.2, -0.15) is 0 Å². The zero-order valence-electron chi connectivity index (χ0n) is 18.0. The Balaban J connectivity index is 0.00000272. The molecule has 2 aromatic carbocycles. The zero-order valence-corrected chi connectivity index (χ0v) is 19.6. The molecule has 1 amide bonds. The normalized spacial score (nSPS) is 14.4. The van der Waals surface area contributed by atoms with Gasteiger partial charge in [-0.05, 0) is 37.0 Å². The summed E-state index contributed by atoms with van der Waals surface area (Å²) in [7, 11) is 0. The number of rotatable bonds is 8. The maximum atomic E-state index is 13.2. The lowest BCUT2D eigenvalue weighted by Gasteiger charge is -2.27. The number of halogens is 1. The largest absolute Gasteiger partial charge is 0.379 e. The van der Waals surface area contributed by atoms with Crippen LogP contribution in [0.3, 0.4) is 0 Å². The molecule has 1 aromatic heterocycles. The second-order valence-electron chi connectivity index (χ2n) is 7.76. The van der Waals surface area contributed by atoms with Crippen molar-refractivity contribution >= 4 is 45.0 Å². The lowest BCUT2D eigenvalue weighted by atomic mass is 10.1. The van der Waals surface area contributed by atoms with Gasteiger partial charge in [-0.15, -0.1) is 12.4 Å². The number of hydrogen-bond acceptors (Lipinski definition) is 5. The molecule has 166 valence electrons. The number of benzene rings is 2. The minimum atomic E-state index is 0. The first-order chi connectivity index (χ1) is 14.7. The number of morpholine rings is 1. The van der Waals surface area contributed by atoms with Gasteiger partial charge in [0, 0.05) is 32.6 Å². The lowest BCUT2D eigenvalue weighted by molar-refractivity contribution is -0.118. The molecule has 7 heteroatoms. The van der Waals surface area contributed by atoms with Crippen molar-refractivity contribution in [2.75, 3.05) is 44.3 Å². The Labute approximate surface area is 194 Å². The first-order valence-corrected chi connectivity index (χ1v) is 11.5. The Bertz CT molecular complexity index is 973. The first kappa shape index (κ1) is 23.7. The van der Waals surface area contributed by atoms with Gasteiger partial charge >= 0.3 is 0 Å². The number of carbonyl (C=O) groups is 1. The molecule has 1 saturated heterocycles. The molecular weight excluding hydrogens is 430 g/mol. The van der Waals surface area contributed by atoms with Crippen molar-refractivity contribution in [2.45, 2.75) is 26.2 Å². The summed E-state index contributed by atoms with van der Waals surface area (Å²) in [5, 5.41) is 0.819. The molecule has 0 unspecified atom stereocenters. The molecule has 2 heterocycles. The van der Waals surface area contributed by atoms with E-state index in [9.17, 15) is 4.79 Å². The quantitative estimate of drug-likeness (QED) is 0.489. The van der Waals surface area contributed by atoms with Crippen LogP contribution in [0.4, 0.5) is 5.13 Å². The molecular formula is C24H30ClN3O2S. The Hall–Kier alpha value is -1.99. The molecule has 0 N–H and O–H groups in total. The second kappa shape index (κ2) is 11.6. The van der Waals surface area contributed by atoms with E-state index in [2.05, 4.69) is 42.2 Å². The zero-order chi connectivity index (χ0) is 20.8. The molecule has 1 fully saturated rings. The van der Waals surface area contributed by atoms with E-state index >= 15 is 0 Å². The number of hydrogen-bond donors (Lipinski definition) is 0. The lowest BCUT2D eigenvalue weighted by Crippen LogP contribution is -2.39. The average Bonchev–Trinajstić information content (AvgIpc) is 3.22. The Morgan fingerprint density at radius 3 is 2.65 bits per heavy atom. The monoisotopic (exact) mass is 459 g/mol. The molecule has 1 aliphatic heterocycles. The van der Waals surface area contributed by atoms with Crippen LogP contribution in [0.5, 0.6) is 0 Å². The molecule has 0 atom stereocenters. The highest BCUT2D eigenvalue weighted by Crippen LogP contribution is 2.31. The van der Waals surface area contributed by atoms with Crippen molar-refractivity contribution in [1.82, 2.24) is 9.88 Å². The summed E-state index contributed by atoms with van der Waals surface area (Å²) in [6.07, 6.45) is 2.19. The number of thiazole rings is 1. The third kappa shape index (κ3) is 6.26. The predicted octanol–water partition coefficient (Wildman–Crippen LogP) is 4.71. The number of para-hydroxylation sites is 1. The van der Waals surface area contributed by atoms with Crippen molar-refractivity contribution in [3.63, 3.8) is 0 Å². The van der Waals surface area contributed by atoms with Crippen molar-refractivity contribution in [1.29, 1.82) is 0 Å². The van der Waals surface area contributed by atoms with Gasteiger partial charge < -0.3 is 4.74 Å². The summed E-state index contributed by atoms with van der Waals surface area (Å²) in [4.78, 5) is 22.4. The van der Waals surface area contributed by atoms with Gasteiger partial charge in [0.15, 0.2) is 5.13 Å². The van der Waals surface area contributed by atoms with Gasteiger partial charge in [-0.25, -0.2) is 4.98 Å². The highest BCUT2D eigenvalue weighted by atomic mass is 35.5. The predicted molar refractivity (Wildman–Crippen MR) is 131 cm³/mol. The second-order valence-corrected chi connectivity index (χ2v) is 8.77. The molecule has 1 aliphatic rings. The summed E-state index contributed by atoms with van der Waals surface area (Å²) in [5.41, 5.74) is 3.35. The Morgan fingerprint density at radius 2 is 1.90 bits per heavy atom. The van der Waals surface area contributed by atoms with Crippen LogP contribution in [0.1, 0.15) is 24.0 Å². The van der Waals surface area contributed by atoms with Gasteiger partial charge in [0.05, 0.1) is 23.4 Å². The summed E-state index contributed by atoms with van der Waals surface area (Å²) in [5.74, 6) is 0.150. The number of fused-ring (bicyclic) bond motifs is 1. The molecule has 0 radical (unpaired) electrons. The summed E-state index contributed by atoms with van der Waals surface area (Å²) >= 11 is 1.62. The number of carbonyl (C=O) groups excluding carboxylic acids is 1. The third-order valence-corrected chi connectivity index (χ3v) is 6.62. The number of ether oxygens (including phenoxy) is 1. The molecule has 0 bridgehead atoms. The standard InChI is InChI=1S/C24H29N3O2S.ClH/c1-19-7-5-10-21-23(19)25-24(30-21)27(14-6-13-26-15-17-29-18-16-26)22(28)12-11-20-8-3-2-4-9-20;/h2-5,7-10H,6,11-18H2,1H3;1H. The maximum absolute atomic E-state index is 13.2. The van der Waals surface area contributed by atoms with Crippen LogP contribution >= 0.6 is 23.7 Å². The van der Waals surface area contributed by atoms with Gasteiger partial charge in [-0.1, -0.05) is 53.8 Å². The average molecular weight is 460 g/mol. The van der Waals surface area contributed by atoms with Crippen LogP contribution in [-0.2, 0) is 16.0 Å². The molecule has 0 aliphatic carbocycles. The van der Waals surface area contributed by atoms with Gasteiger partial charge in [0.1, 0.15) is 0 Å². The number of amides is 1. The van der Waals surface area contributed by atoms with Crippen molar-refractivity contribution < 1.29 is 9.53 Å². The highest BCUT2D eigenvalue weighted by molar-refractivity contribution is 7.22. The fourth-order valence-corrected chi connectivity index (χ4v) is 4.91. The van der Waals surface area contributed by atoms with E-state index in [1.54, 1.807) is 11.3 Å². The molecule has 31 heavy (non-hydrogen) atoms. The highest BCUT2D eigenvalue weighted by Gasteiger charge is 2.20. The Kier molecular flexibility index (Phi) is 8.84. The van der Waals surface area contributed by atoms with E-state index in [0.717, 1.165) is 66.6 Å². The van der Waals surface area contributed by atoms with E-state index in [-0.39, 0.29) is 18.3 Å². The van der Waals surface area contributed by atoms with Crippen LogP contribution < -0.4 is 4.90 Å². The summed E-state index contributed by atoms with van der Waals surface area (Å²) in [6.45, 7) is 7.31. The van der Waals surface area contributed by atoms with Crippen LogP contribution in [0, 0.1) is 6.92 Å². The molecule has 4 rings (SSSR count). The maximum Gasteiger partial charge on any atom is 0.229 e. The fourth-order valence-electron chi connectivity index (χ4n) is 3.83. The Morgan fingerprint density at radius 1 is 1.13 bits per heavy atom. The van der Waals surface area contributed by atoms with Crippen LogP contribution in [0.25, 0.3) is 10.2 Å². The van der Waals surface area contributed by atoms with E-state index in [0.29, 0.717) is 13.0 Å². The fraction of sp³-hybridized carbons (Fsp3) is 0.417. The number of aryl methyl sites for hydroxylation is 2. The third-order valence-electron chi connectivity index (χ3n) is 5.57. The van der Waals surface area contributed by atoms with E-state index in [4.69, 9.17) is 9.72 Å². The van der Waals surface area contributed by atoms with E-state index < -0.39 is 0 Å². The van der Waals surface area contributed by atoms with Gasteiger partial charge in [-0.3, -0.25) is 14.6 Å². The first-order valence-electron chi connectivity index (χ1n) is 10.7. The van der Waals surface area contributed by atoms with Crippen molar-refractivity contribution in [3.8, 4) is 0 Å². The van der Waals surface area contributed by atoms with Crippen LogP contribution in [0.15, 0.2) is 48.5 Å². The SMILES string of the molecule is Cc1cccc2sc(N(CCCN3CCOCC3)C(=O)CCc3ccccc3)nc12.Cl. The van der Waals surface area contributed by atoms with Crippen LogP contribution in [-0.4, -0.2) is 55.2 Å². The number of anilines is 1. The number of aromatic nitrogens is 1. The molecule has 0 spiro atoms. The molecule has 3 aromatic rings. The minimum absolute atomic E-state index is 0. The van der Waals surface area contributed by atoms with Crippen LogP contribution in [0.2, 0.25) is 0 Å². The van der Waals surface area contributed by atoms with E-state index in [1.165, 1.54) is 5.56 Å². The smallest absolute Gasteiger partial charge is 0.229 e.